The van der Waals surface area contributed by atoms with Crippen molar-refractivity contribution in [3.05, 3.63) is 11.4 Å². The molecule has 1 fully saturated rings. The molecule has 114 valence electrons. The van der Waals surface area contributed by atoms with Crippen LogP contribution in [0.25, 0.3) is 0 Å². The second kappa shape index (κ2) is 6.19. The SMILES string of the molecule is Cc1nn(C(C)C)c(C)c1NC1CCCC(C(C)C)C1. The maximum atomic E-state index is 4.68. The van der Waals surface area contributed by atoms with Gasteiger partial charge in [-0.2, -0.15) is 5.10 Å². The van der Waals surface area contributed by atoms with E-state index in [9.17, 15) is 0 Å². The standard InChI is InChI=1S/C17H31N3/c1-11(2)15-8-7-9-16(10-15)18-17-13(5)19-20(12(3)4)14(17)6/h11-12,15-16,18H,7-10H2,1-6H3. The normalized spacial score (nSPS) is 23.6. The van der Waals surface area contributed by atoms with Crippen molar-refractivity contribution in [2.75, 3.05) is 5.32 Å². The number of hydrogen-bond donors (Lipinski definition) is 1. The number of hydrogen-bond acceptors (Lipinski definition) is 2. The van der Waals surface area contributed by atoms with E-state index in [0.717, 1.165) is 17.5 Å². The summed E-state index contributed by atoms with van der Waals surface area (Å²) >= 11 is 0. The monoisotopic (exact) mass is 277 g/mol. The third-order valence-corrected chi connectivity index (χ3v) is 4.82. The summed E-state index contributed by atoms with van der Waals surface area (Å²) in [5.41, 5.74) is 3.69. The molecule has 1 aliphatic rings. The Morgan fingerprint density at radius 1 is 1.15 bits per heavy atom. The van der Waals surface area contributed by atoms with Gasteiger partial charge in [-0.15, -0.1) is 0 Å². The van der Waals surface area contributed by atoms with E-state index in [-0.39, 0.29) is 0 Å². The minimum atomic E-state index is 0.430. The third-order valence-electron chi connectivity index (χ3n) is 4.82. The molecular formula is C17H31N3. The van der Waals surface area contributed by atoms with E-state index in [0.29, 0.717) is 12.1 Å². The minimum absolute atomic E-state index is 0.430. The van der Waals surface area contributed by atoms with Crippen LogP contribution in [0, 0.1) is 25.7 Å². The first-order valence-electron chi connectivity index (χ1n) is 8.22. The van der Waals surface area contributed by atoms with Crippen LogP contribution in [0.5, 0.6) is 0 Å². The zero-order valence-electron chi connectivity index (χ0n) is 14.0. The summed E-state index contributed by atoms with van der Waals surface area (Å²) in [7, 11) is 0. The maximum absolute atomic E-state index is 4.68. The number of nitrogens with one attached hydrogen (secondary N) is 1. The lowest BCUT2D eigenvalue weighted by atomic mass is 9.79. The highest BCUT2D eigenvalue weighted by Crippen LogP contribution is 2.33. The van der Waals surface area contributed by atoms with Gasteiger partial charge in [0.1, 0.15) is 0 Å². The van der Waals surface area contributed by atoms with Crippen molar-refractivity contribution >= 4 is 5.69 Å². The van der Waals surface area contributed by atoms with Gasteiger partial charge in [0.2, 0.25) is 0 Å². The molecular weight excluding hydrogens is 246 g/mol. The van der Waals surface area contributed by atoms with Crippen LogP contribution in [-0.2, 0) is 0 Å². The van der Waals surface area contributed by atoms with Crippen LogP contribution in [0.2, 0.25) is 0 Å². The molecule has 1 aliphatic carbocycles. The van der Waals surface area contributed by atoms with Crippen LogP contribution in [0.4, 0.5) is 5.69 Å². The summed E-state index contributed by atoms with van der Waals surface area (Å²) in [6.45, 7) is 13.4. The molecule has 0 bridgehead atoms. The molecule has 1 aromatic rings. The number of aromatic nitrogens is 2. The van der Waals surface area contributed by atoms with Crippen molar-refractivity contribution in [1.29, 1.82) is 0 Å². The van der Waals surface area contributed by atoms with Gasteiger partial charge in [-0.1, -0.05) is 26.7 Å². The van der Waals surface area contributed by atoms with Gasteiger partial charge in [0, 0.05) is 12.1 Å². The van der Waals surface area contributed by atoms with Crippen molar-refractivity contribution < 1.29 is 0 Å². The first kappa shape index (κ1) is 15.4. The fraction of sp³-hybridized carbons (Fsp3) is 0.824. The van der Waals surface area contributed by atoms with Crippen LogP contribution in [0.3, 0.4) is 0 Å². The number of nitrogens with zero attached hydrogens (tertiary/aromatic N) is 2. The van der Waals surface area contributed by atoms with E-state index in [1.807, 2.05) is 0 Å². The first-order chi connectivity index (χ1) is 9.40. The van der Waals surface area contributed by atoms with E-state index < -0.39 is 0 Å². The fourth-order valence-electron chi connectivity index (χ4n) is 3.54. The van der Waals surface area contributed by atoms with Crippen LogP contribution in [-0.4, -0.2) is 15.8 Å². The van der Waals surface area contributed by atoms with E-state index in [1.165, 1.54) is 37.1 Å². The molecule has 1 heterocycles. The Morgan fingerprint density at radius 2 is 1.85 bits per heavy atom. The van der Waals surface area contributed by atoms with Gasteiger partial charge in [0.25, 0.3) is 0 Å². The van der Waals surface area contributed by atoms with E-state index in [1.54, 1.807) is 0 Å². The largest absolute Gasteiger partial charge is 0.379 e. The summed E-state index contributed by atoms with van der Waals surface area (Å²) in [5.74, 6) is 1.68. The molecule has 0 radical (unpaired) electrons. The Labute approximate surface area is 124 Å². The van der Waals surface area contributed by atoms with Crippen LogP contribution >= 0.6 is 0 Å². The Hall–Kier alpha value is -0.990. The van der Waals surface area contributed by atoms with Crippen LogP contribution in [0.1, 0.15) is 70.8 Å². The molecule has 20 heavy (non-hydrogen) atoms. The summed E-state index contributed by atoms with van der Waals surface area (Å²) in [5, 5.41) is 8.48. The molecule has 2 rings (SSSR count). The van der Waals surface area contributed by atoms with Crippen molar-refractivity contribution in [2.24, 2.45) is 11.8 Å². The molecule has 0 amide bonds. The van der Waals surface area contributed by atoms with Gasteiger partial charge in [-0.3, -0.25) is 4.68 Å². The molecule has 1 N–H and O–H groups in total. The molecule has 3 nitrogen and oxygen atoms in total. The van der Waals surface area contributed by atoms with Gasteiger partial charge < -0.3 is 5.32 Å². The molecule has 0 aliphatic heterocycles. The smallest absolute Gasteiger partial charge is 0.0828 e. The quantitative estimate of drug-likeness (QED) is 0.864. The van der Waals surface area contributed by atoms with E-state index in [2.05, 4.69) is 56.6 Å². The molecule has 0 aromatic carbocycles. The predicted octanol–water partition coefficient (Wildman–Crippen LogP) is 4.71. The lowest BCUT2D eigenvalue weighted by Gasteiger charge is -2.32. The fourth-order valence-corrected chi connectivity index (χ4v) is 3.54. The van der Waals surface area contributed by atoms with E-state index >= 15 is 0 Å². The van der Waals surface area contributed by atoms with Crippen LogP contribution < -0.4 is 5.32 Å². The molecule has 0 spiro atoms. The Bertz CT molecular complexity index is 445. The lowest BCUT2D eigenvalue weighted by Crippen LogP contribution is -2.29. The maximum Gasteiger partial charge on any atom is 0.0828 e. The second-order valence-corrected chi connectivity index (χ2v) is 7.10. The van der Waals surface area contributed by atoms with Crippen molar-refractivity contribution in [3.63, 3.8) is 0 Å². The van der Waals surface area contributed by atoms with Crippen LogP contribution in [0.15, 0.2) is 0 Å². The summed E-state index contributed by atoms with van der Waals surface area (Å²) in [6.07, 6.45) is 5.37. The molecule has 0 saturated heterocycles. The summed E-state index contributed by atoms with van der Waals surface area (Å²) < 4.78 is 2.14. The van der Waals surface area contributed by atoms with Crippen molar-refractivity contribution in [1.82, 2.24) is 9.78 Å². The summed E-state index contributed by atoms with van der Waals surface area (Å²) in [6, 6.07) is 1.05. The van der Waals surface area contributed by atoms with Gasteiger partial charge in [-0.25, -0.2) is 0 Å². The minimum Gasteiger partial charge on any atom is -0.379 e. The third kappa shape index (κ3) is 3.18. The number of rotatable bonds is 4. The van der Waals surface area contributed by atoms with Gasteiger partial charge in [-0.05, 0) is 52.4 Å². The zero-order chi connectivity index (χ0) is 14.9. The summed E-state index contributed by atoms with van der Waals surface area (Å²) in [4.78, 5) is 0. The Balaban J connectivity index is 2.10. The Kier molecular flexibility index (Phi) is 4.77. The molecule has 2 unspecified atom stereocenters. The molecule has 3 heteroatoms. The highest BCUT2D eigenvalue weighted by atomic mass is 15.3. The predicted molar refractivity (Wildman–Crippen MR) is 86.3 cm³/mol. The molecule has 1 saturated carbocycles. The molecule has 1 aromatic heterocycles. The van der Waals surface area contributed by atoms with Gasteiger partial charge in [0.05, 0.1) is 17.1 Å². The van der Waals surface area contributed by atoms with Gasteiger partial charge >= 0.3 is 0 Å². The first-order valence-corrected chi connectivity index (χ1v) is 8.22. The second-order valence-electron chi connectivity index (χ2n) is 7.10. The zero-order valence-corrected chi connectivity index (χ0v) is 14.0. The van der Waals surface area contributed by atoms with Crippen molar-refractivity contribution in [3.8, 4) is 0 Å². The highest BCUT2D eigenvalue weighted by molar-refractivity contribution is 5.53. The van der Waals surface area contributed by atoms with E-state index in [4.69, 9.17) is 0 Å². The van der Waals surface area contributed by atoms with Gasteiger partial charge in [0.15, 0.2) is 0 Å². The average Bonchev–Trinajstić information content (AvgIpc) is 2.67. The number of anilines is 1. The average molecular weight is 277 g/mol. The lowest BCUT2D eigenvalue weighted by molar-refractivity contribution is 0.264. The van der Waals surface area contributed by atoms with Crippen molar-refractivity contribution in [2.45, 2.75) is 79.3 Å². The highest BCUT2D eigenvalue weighted by Gasteiger charge is 2.25. The topological polar surface area (TPSA) is 29.9 Å². The Morgan fingerprint density at radius 3 is 2.40 bits per heavy atom. The molecule has 2 atom stereocenters. The number of aryl methyl sites for hydroxylation is 1.